The lowest BCUT2D eigenvalue weighted by atomic mass is 10.1. The highest BCUT2D eigenvalue weighted by atomic mass is 35.5. The number of nitrogens with zero attached hydrogens (tertiary/aromatic N) is 2. The zero-order valence-electron chi connectivity index (χ0n) is 12.2. The summed E-state index contributed by atoms with van der Waals surface area (Å²) in [5, 5.41) is 0.380. The van der Waals surface area contributed by atoms with Crippen LogP contribution in [0.1, 0.15) is 11.1 Å². The number of halogens is 2. The lowest BCUT2D eigenvalue weighted by Gasteiger charge is -2.21. The molecule has 0 aromatic heterocycles. The van der Waals surface area contributed by atoms with Crippen LogP contribution in [0.2, 0.25) is 5.02 Å². The van der Waals surface area contributed by atoms with Crippen LogP contribution in [-0.4, -0.2) is 51.9 Å². The highest BCUT2D eigenvalue weighted by molar-refractivity contribution is 7.89. The SMILES string of the molecule is Cc1c(CCl)cc(Cl)cc1S(=O)(=O)N(C)CCN(C)C. The Balaban J connectivity index is 3.18. The highest BCUT2D eigenvalue weighted by Gasteiger charge is 2.24. The van der Waals surface area contributed by atoms with Gasteiger partial charge in [-0.25, -0.2) is 8.42 Å². The molecule has 0 bridgehead atoms. The molecule has 114 valence electrons. The van der Waals surface area contributed by atoms with Crippen LogP contribution in [0, 0.1) is 6.92 Å². The number of hydrogen-bond acceptors (Lipinski definition) is 3. The van der Waals surface area contributed by atoms with E-state index in [0.29, 0.717) is 23.7 Å². The smallest absolute Gasteiger partial charge is 0.243 e. The van der Waals surface area contributed by atoms with Gasteiger partial charge in [-0.05, 0) is 44.3 Å². The van der Waals surface area contributed by atoms with Gasteiger partial charge in [0.2, 0.25) is 10.0 Å². The van der Waals surface area contributed by atoms with E-state index in [2.05, 4.69) is 0 Å². The zero-order chi connectivity index (χ0) is 15.5. The van der Waals surface area contributed by atoms with Crippen LogP contribution in [0.5, 0.6) is 0 Å². The number of hydrogen-bond donors (Lipinski definition) is 0. The molecule has 0 aliphatic carbocycles. The first-order valence-corrected chi connectivity index (χ1v) is 8.51. The quantitative estimate of drug-likeness (QED) is 0.748. The average Bonchev–Trinajstić information content (AvgIpc) is 2.37. The van der Waals surface area contributed by atoms with Crippen molar-refractivity contribution >= 4 is 33.2 Å². The first-order chi connectivity index (χ1) is 9.20. The van der Waals surface area contributed by atoms with E-state index in [0.717, 1.165) is 5.56 Å². The summed E-state index contributed by atoms with van der Waals surface area (Å²) in [6.07, 6.45) is 0. The maximum Gasteiger partial charge on any atom is 0.243 e. The van der Waals surface area contributed by atoms with Gasteiger partial charge in [-0.2, -0.15) is 4.31 Å². The van der Waals surface area contributed by atoms with Gasteiger partial charge >= 0.3 is 0 Å². The second-order valence-corrected chi connectivity index (χ2v) is 7.67. The Morgan fingerprint density at radius 2 is 1.75 bits per heavy atom. The van der Waals surface area contributed by atoms with E-state index in [9.17, 15) is 8.42 Å². The summed E-state index contributed by atoms with van der Waals surface area (Å²) in [7, 11) is 1.81. The predicted octanol–water partition coefficient (Wildman–Crippen LogP) is 2.57. The van der Waals surface area contributed by atoms with Crippen LogP contribution in [-0.2, 0) is 15.9 Å². The van der Waals surface area contributed by atoms with Gasteiger partial charge in [0.05, 0.1) is 4.90 Å². The molecular weight excluding hydrogens is 319 g/mol. The fraction of sp³-hybridized carbons (Fsp3) is 0.538. The number of rotatable bonds is 6. The molecule has 0 spiro atoms. The maximum absolute atomic E-state index is 12.6. The molecule has 0 amide bonds. The van der Waals surface area contributed by atoms with Crippen molar-refractivity contribution in [2.24, 2.45) is 0 Å². The second-order valence-electron chi connectivity index (χ2n) is 4.95. The molecule has 20 heavy (non-hydrogen) atoms. The van der Waals surface area contributed by atoms with Crippen LogP contribution in [0.15, 0.2) is 17.0 Å². The molecule has 0 heterocycles. The van der Waals surface area contributed by atoms with Crippen molar-refractivity contribution < 1.29 is 8.42 Å². The molecule has 1 rings (SSSR count). The zero-order valence-corrected chi connectivity index (χ0v) is 14.5. The van der Waals surface area contributed by atoms with E-state index >= 15 is 0 Å². The minimum absolute atomic E-state index is 0.224. The molecule has 0 radical (unpaired) electrons. The average molecular weight is 339 g/mol. The third-order valence-corrected chi connectivity index (χ3v) is 5.62. The molecule has 0 aliphatic heterocycles. The standard InChI is InChI=1S/C13H20Cl2N2O2S/c1-10-11(9-14)7-12(15)8-13(10)20(18,19)17(4)6-5-16(2)3/h7-8H,5-6,9H2,1-4H3. The van der Waals surface area contributed by atoms with E-state index in [4.69, 9.17) is 23.2 Å². The summed E-state index contributed by atoms with van der Waals surface area (Å²) in [6, 6.07) is 3.18. The van der Waals surface area contributed by atoms with Crippen molar-refractivity contribution in [2.45, 2.75) is 17.7 Å². The number of benzene rings is 1. The van der Waals surface area contributed by atoms with Gasteiger partial charge in [0.25, 0.3) is 0 Å². The fourth-order valence-corrected chi connectivity index (χ4v) is 3.78. The van der Waals surface area contributed by atoms with Crippen LogP contribution < -0.4 is 0 Å². The van der Waals surface area contributed by atoms with Crippen LogP contribution >= 0.6 is 23.2 Å². The van der Waals surface area contributed by atoms with Crippen molar-refractivity contribution in [3.63, 3.8) is 0 Å². The molecule has 0 aliphatic rings. The molecule has 4 nitrogen and oxygen atoms in total. The van der Waals surface area contributed by atoms with E-state index in [-0.39, 0.29) is 10.8 Å². The molecule has 0 fully saturated rings. The minimum atomic E-state index is -3.56. The van der Waals surface area contributed by atoms with Gasteiger partial charge in [0, 0.05) is 31.0 Å². The molecule has 0 unspecified atom stereocenters. The van der Waals surface area contributed by atoms with Crippen molar-refractivity contribution in [1.82, 2.24) is 9.21 Å². The van der Waals surface area contributed by atoms with Crippen LogP contribution in [0.3, 0.4) is 0 Å². The Kier molecular flexibility index (Phi) is 6.28. The monoisotopic (exact) mass is 338 g/mol. The van der Waals surface area contributed by atoms with E-state index < -0.39 is 10.0 Å². The van der Waals surface area contributed by atoms with Crippen molar-refractivity contribution in [1.29, 1.82) is 0 Å². The fourth-order valence-electron chi connectivity index (χ4n) is 1.74. The summed E-state index contributed by atoms with van der Waals surface area (Å²) in [4.78, 5) is 2.16. The summed E-state index contributed by atoms with van der Waals surface area (Å²) < 4.78 is 26.5. The lowest BCUT2D eigenvalue weighted by molar-refractivity contribution is 0.358. The molecule has 1 aromatic rings. The Morgan fingerprint density at radius 3 is 2.25 bits per heavy atom. The van der Waals surface area contributed by atoms with E-state index in [1.165, 1.54) is 10.4 Å². The normalized spacial score (nSPS) is 12.4. The second kappa shape index (κ2) is 7.09. The summed E-state index contributed by atoms with van der Waals surface area (Å²) >= 11 is 11.8. The highest BCUT2D eigenvalue weighted by Crippen LogP contribution is 2.27. The van der Waals surface area contributed by atoms with Crippen molar-refractivity contribution in [3.8, 4) is 0 Å². The first-order valence-electron chi connectivity index (χ1n) is 6.16. The molecule has 7 heteroatoms. The van der Waals surface area contributed by atoms with Gasteiger partial charge in [-0.3, -0.25) is 0 Å². The number of likely N-dealkylation sites (N-methyl/N-ethyl adjacent to an activating group) is 2. The van der Waals surface area contributed by atoms with Gasteiger partial charge in [-0.15, -0.1) is 11.6 Å². The summed E-state index contributed by atoms with van der Waals surface area (Å²) in [6.45, 7) is 2.82. The topological polar surface area (TPSA) is 40.6 Å². The minimum Gasteiger partial charge on any atom is -0.308 e. The van der Waals surface area contributed by atoms with Gasteiger partial charge in [0.1, 0.15) is 0 Å². The molecule has 0 N–H and O–H groups in total. The van der Waals surface area contributed by atoms with Crippen LogP contribution in [0.4, 0.5) is 0 Å². The molecule has 1 aromatic carbocycles. The third-order valence-electron chi connectivity index (χ3n) is 3.13. The van der Waals surface area contributed by atoms with Crippen molar-refractivity contribution in [2.75, 3.05) is 34.2 Å². The number of alkyl halides is 1. The maximum atomic E-state index is 12.6. The Morgan fingerprint density at radius 1 is 1.15 bits per heavy atom. The third kappa shape index (κ3) is 4.09. The van der Waals surface area contributed by atoms with Crippen molar-refractivity contribution in [3.05, 3.63) is 28.3 Å². The first kappa shape index (κ1) is 17.7. The van der Waals surface area contributed by atoms with Gasteiger partial charge in [-0.1, -0.05) is 11.6 Å². The Hall–Kier alpha value is -0.330. The number of sulfonamides is 1. The Labute approximate surface area is 131 Å². The van der Waals surface area contributed by atoms with E-state index in [1.807, 2.05) is 19.0 Å². The summed E-state index contributed by atoms with van der Waals surface area (Å²) in [5.41, 5.74) is 1.39. The molecule has 0 saturated heterocycles. The lowest BCUT2D eigenvalue weighted by Crippen LogP contribution is -2.34. The molecule has 0 saturated carbocycles. The largest absolute Gasteiger partial charge is 0.308 e. The van der Waals surface area contributed by atoms with Crippen LogP contribution in [0.25, 0.3) is 0 Å². The predicted molar refractivity (Wildman–Crippen MR) is 84.1 cm³/mol. The molecular formula is C13H20Cl2N2O2S. The molecule has 0 atom stereocenters. The van der Waals surface area contributed by atoms with Gasteiger partial charge < -0.3 is 4.90 Å². The van der Waals surface area contributed by atoms with E-state index in [1.54, 1.807) is 20.0 Å². The summed E-state index contributed by atoms with van der Waals surface area (Å²) in [5.74, 6) is 0.232. The Bertz CT molecular complexity index is 574. The van der Waals surface area contributed by atoms with Gasteiger partial charge in [0.15, 0.2) is 0 Å².